The number of benzene rings is 1. The number of carboxylic acids is 1. The van der Waals surface area contributed by atoms with Crippen LogP contribution in [-0.2, 0) is 10.0 Å². The highest BCUT2D eigenvalue weighted by atomic mass is 79.9. The van der Waals surface area contributed by atoms with E-state index >= 15 is 0 Å². The van der Waals surface area contributed by atoms with Gasteiger partial charge in [-0.1, -0.05) is 15.9 Å². The fourth-order valence-corrected chi connectivity index (χ4v) is 5.06. The Morgan fingerprint density at radius 3 is 2.47 bits per heavy atom. The van der Waals surface area contributed by atoms with Crippen molar-refractivity contribution in [3.63, 3.8) is 0 Å². The molecule has 1 aromatic carbocycles. The molecular formula is C11H11BrNO4S2-. The number of carbonyl (C=O) groups is 1. The van der Waals surface area contributed by atoms with Crippen molar-refractivity contribution in [1.82, 2.24) is 4.31 Å². The zero-order chi connectivity index (χ0) is 14.0. The smallest absolute Gasteiger partial charge is 0.243 e. The zero-order valence-corrected chi connectivity index (χ0v) is 13.1. The van der Waals surface area contributed by atoms with E-state index in [1.54, 1.807) is 11.8 Å². The maximum Gasteiger partial charge on any atom is 0.243 e. The summed E-state index contributed by atoms with van der Waals surface area (Å²) in [6, 6.07) is 3.86. The molecule has 0 spiro atoms. The van der Waals surface area contributed by atoms with Gasteiger partial charge in [-0.25, -0.2) is 8.42 Å². The number of sulfonamides is 1. The van der Waals surface area contributed by atoms with E-state index in [4.69, 9.17) is 0 Å². The highest BCUT2D eigenvalue weighted by Crippen LogP contribution is 2.24. The average Bonchev–Trinajstić information content (AvgIpc) is 2.39. The summed E-state index contributed by atoms with van der Waals surface area (Å²) in [5, 5.41) is 10.9. The van der Waals surface area contributed by atoms with Gasteiger partial charge in [-0.3, -0.25) is 0 Å². The van der Waals surface area contributed by atoms with Crippen LogP contribution in [0.3, 0.4) is 0 Å². The van der Waals surface area contributed by atoms with Crippen molar-refractivity contribution in [3.8, 4) is 0 Å². The van der Waals surface area contributed by atoms with Gasteiger partial charge in [0, 0.05) is 29.1 Å². The molecule has 0 radical (unpaired) electrons. The molecule has 0 aliphatic carbocycles. The third-order valence-electron chi connectivity index (χ3n) is 2.71. The van der Waals surface area contributed by atoms with Gasteiger partial charge in [0.15, 0.2) is 0 Å². The van der Waals surface area contributed by atoms with E-state index in [2.05, 4.69) is 15.9 Å². The van der Waals surface area contributed by atoms with E-state index in [1.807, 2.05) is 0 Å². The summed E-state index contributed by atoms with van der Waals surface area (Å²) in [4.78, 5) is 10.8. The third kappa shape index (κ3) is 3.31. The lowest BCUT2D eigenvalue weighted by molar-refractivity contribution is -0.255. The number of rotatable bonds is 3. The summed E-state index contributed by atoms with van der Waals surface area (Å²) in [6.07, 6.45) is 0. The molecule has 104 valence electrons. The molecule has 1 aliphatic heterocycles. The van der Waals surface area contributed by atoms with E-state index in [0.717, 1.165) is 17.6 Å². The largest absolute Gasteiger partial charge is 0.545 e. The van der Waals surface area contributed by atoms with Crippen molar-refractivity contribution in [2.75, 3.05) is 24.6 Å². The maximum absolute atomic E-state index is 12.4. The molecule has 2 rings (SSSR count). The van der Waals surface area contributed by atoms with Gasteiger partial charge in [0.1, 0.15) is 0 Å². The molecule has 0 N–H and O–H groups in total. The Bertz CT molecular complexity index is 597. The monoisotopic (exact) mass is 364 g/mol. The van der Waals surface area contributed by atoms with Crippen molar-refractivity contribution < 1.29 is 18.3 Å². The molecule has 0 aromatic heterocycles. The molecule has 1 heterocycles. The molecule has 19 heavy (non-hydrogen) atoms. The third-order valence-corrected chi connectivity index (χ3v) is 5.99. The van der Waals surface area contributed by atoms with E-state index in [0.29, 0.717) is 17.6 Å². The summed E-state index contributed by atoms with van der Waals surface area (Å²) >= 11 is 4.82. The Labute approximate surface area is 124 Å². The van der Waals surface area contributed by atoms with Crippen LogP contribution < -0.4 is 5.11 Å². The number of carboxylic acid groups (broad SMARTS) is 1. The minimum absolute atomic E-state index is 0.0204. The minimum atomic E-state index is -3.64. The van der Waals surface area contributed by atoms with Gasteiger partial charge in [0.25, 0.3) is 0 Å². The molecule has 1 aliphatic rings. The quantitative estimate of drug-likeness (QED) is 0.782. The van der Waals surface area contributed by atoms with Crippen LogP contribution in [0, 0.1) is 0 Å². The van der Waals surface area contributed by atoms with Crippen LogP contribution in [0.25, 0.3) is 0 Å². The maximum atomic E-state index is 12.4. The molecule has 8 heteroatoms. The fraction of sp³-hybridized carbons (Fsp3) is 0.364. The van der Waals surface area contributed by atoms with E-state index < -0.39 is 16.0 Å². The Kier molecular flexibility index (Phi) is 4.54. The summed E-state index contributed by atoms with van der Waals surface area (Å²) in [5.41, 5.74) is -0.153. The Balaban J connectivity index is 2.42. The van der Waals surface area contributed by atoms with Crippen molar-refractivity contribution in [2.45, 2.75) is 4.90 Å². The number of nitrogens with zero attached hydrogens (tertiary/aromatic N) is 1. The molecule has 0 saturated carbocycles. The van der Waals surface area contributed by atoms with Crippen LogP contribution in [0.1, 0.15) is 10.4 Å². The fourth-order valence-electron chi connectivity index (χ4n) is 1.77. The Hall–Kier alpha value is -0.570. The number of aromatic carboxylic acids is 1. The predicted molar refractivity (Wildman–Crippen MR) is 74.6 cm³/mol. The second-order valence-corrected chi connectivity index (χ2v) is 8.06. The molecule has 0 atom stereocenters. The first-order valence-electron chi connectivity index (χ1n) is 5.51. The highest BCUT2D eigenvalue weighted by Gasteiger charge is 2.26. The Morgan fingerprint density at radius 2 is 1.89 bits per heavy atom. The number of carbonyl (C=O) groups excluding carboxylic acids is 1. The standard InChI is InChI=1S/C11H12BrNO4S2/c12-9-5-8(11(14)15)6-10(7-9)19(16,17)13-1-3-18-4-2-13/h5-7H,1-4H2,(H,14,15)/p-1. The normalized spacial score (nSPS) is 17.3. The summed E-state index contributed by atoms with van der Waals surface area (Å²) in [6.45, 7) is 0.889. The minimum Gasteiger partial charge on any atom is -0.545 e. The topological polar surface area (TPSA) is 77.5 Å². The van der Waals surface area contributed by atoms with Crippen LogP contribution in [0.4, 0.5) is 0 Å². The van der Waals surface area contributed by atoms with Gasteiger partial charge in [-0.05, 0) is 23.8 Å². The second kappa shape index (κ2) is 5.82. The summed E-state index contributed by atoms with van der Waals surface area (Å²) < 4.78 is 26.6. The van der Waals surface area contributed by atoms with Crippen molar-refractivity contribution >= 4 is 43.7 Å². The summed E-state index contributed by atoms with van der Waals surface area (Å²) in [7, 11) is -3.64. The SMILES string of the molecule is O=C([O-])c1cc(Br)cc(S(=O)(=O)N2CCSCC2)c1. The van der Waals surface area contributed by atoms with Gasteiger partial charge in [-0.15, -0.1) is 0 Å². The van der Waals surface area contributed by atoms with Crippen LogP contribution in [0.2, 0.25) is 0 Å². The average molecular weight is 365 g/mol. The lowest BCUT2D eigenvalue weighted by Gasteiger charge is -2.26. The zero-order valence-electron chi connectivity index (χ0n) is 9.84. The molecule has 1 fully saturated rings. The lowest BCUT2D eigenvalue weighted by atomic mass is 10.2. The number of thioether (sulfide) groups is 1. The van der Waals surface area contributed by atoms with Crippen LogP contribution in [0.5, 0.6) is 0 Å². The summed E-state index contributed by atoms with van der Waals surface area (Å²) in [5.74, 6) is 0.105. The molecule has 1 aromatic rings. The second-order valence-electron chi connectivity index (χ2n) is 3.98. The molecule has 0 bridgehead atoms. The van der Waals surface area contributed by atoms with Gasteiger partial charge in [-0.2, -0.15) is 16.1 Å². The Morgan fingerprint density at radius 1 is 1.26 bits per heavy atom. The number of hydrogen-bond acceptors (Lipinski definition) is 5. The molecule has 0 amide bonds. The first-order chi connectivity index (χ1) is 8.91. The van der Waals surface area contributed by atoms with E-state index in [-0.39, 0.29) is 10.5 Å². The van der Waals surface area contributed by atoms with E-state index in [9.17, 15) is 18.3 Å². The van der Waals surface area contributed by atoms with Gasteiger partial charge < -0.3 is 9.90 Å². The molecule has 1 saturated heterocycles. The van der Waals surface area contributed by atoms with Crippen molar-refractivity contribution in [2.24, 2.45) is 0 Å². The molecule has 0 unspecified atom stereocenters. The van der Waals surface area contributed by atoms with Crippen molar-refractivity contribution in [1.29, 1.82) is 0 Å². The van der Waals surface area contributed by atoms with Gasteiger partial charge in [0.2, 0.25) is 10.0 Å². The van der Waals surface area contributed by atoms with Crippen LogP contribution in [0.15, 0.2) is 27.6 Å². The van der Waals surface area contributed by atoms with E-state index in [1.165, 1.54) is 16.4 Å². The van der Waals surface area contributed by atoms with Crippen molar-refractivity contribution in [3.05, 3.63) is 28.2 Å². The highest BCUT2D eigenvalue weighted by molar-refractivity contribution is 9.10. The van der Waals surface area contributed by atoms with Crippen LogP contribution in [-0.4, -0.2) is 43.3 Å². The lowest BCUT2D eigenvalue weighted by Crippen LogP contribution is -2.38. The molecule has 5 nitrogen and oxygen atoms in total. The first-order valence-corrected chi connectivity index (χ1v) is 8.90. The van der Waals surface area contributed by atoms with Gasteiger partial charge in [0.05, 0.1) is 10.9 Å². The number of halogens is 1. The number of hydrogen-bond donors (Lipinski definition) is 0. The van der Waals surface area contributed by atoms with Gasteiger partial charge >= 0.3 is 0 Å². The molecular weight excluding hydrogens is 354 g/mol. The van der Waals surface area contributed by atoms with Crippen LogP contribution >= 0.6 is 27.7 Å². The predicted octanol–water partition coefficient (Wildman–Crippen LogP) is 0.550. The first kappa shape index (κ1) is 14.8.